The summed E-state index contributed by atoms with van der Waals surface area (Å²) >= 11 is 3.36. The van der Waals surface area contributed by atoms with Crippen molar-refractivity contribution in [2.75, 3.05) is 0 Å². The van der Waals surface area contributed by atoms with Crippen LogP contribution in [0.5, 0.6) is 5.75 Å². The molecule has 0 aromatic heterocycles. The first kappa shape index (κ1) is 14.3. The molecule has 5 heteroatoms. The van der Waals surface area contributed by atoms with Crippen molar-refractivity contribution in [1.29, 1.82) is 0 Å². The van der Waals surface area contributed by atoms with E-state index in [2.05, 4.69) is 26.5 Å². The quantitative estimate of drug-likeness (QED) is 0.669. The average Bonchev–Trinajstić information content (AvgIpc) is 2.45. The Labute approximate surface area is 125 Å². The molecule has 2 rings (SSSR count). The highest BCUT2D eigenvalue weighted by Crippen LogP contribution is 2.15. The molecule has 0 spiro atoms. The van der Waals surface area contributed by atoms with Crippen LogP contribution in [0.15, 0.2) is 58.1 Å². The third kappa shape index (κ3) is 3.45. The van der Waals surface area contributed by atoms with Crippen molar-refractivity contribution in [3.05, 3.63) is 64.1 Å². The first-order valence-corrected chi connectivity index (χ1v) is 6.76. The lowest BCUT2D eigenvalue weighted by atomic mass is 10.1. The van der Waals surface area contributed by atoms with Gasteiger partial charge in [-0.2, -0.15) is 5.10 Å². The maximum Gasteiger partial charge on any atom is 0.275 e. The summed E-state index contributed by atoms with van der Waals surface area (Å²) in [5.74, 6) is -0.513. The fraction of sp³-hybridized carbons (Fsp3) is 0.0667. The van der Waals surface area contributed by atoms with E-state index in [1.165, 1.54) is 12.1 Å². The summed E-state index contributed by atoms with van der Waals surface area (Å²) in [6, 6.07) is 13.9. The molecular weight excluding hydrogens is 320 g/mol. The van der Waals surface area contributed by atoms with Crippen LogP contribution in [0.3, 0.4) is 0 Å². The van der Waals surface area contributed by atoms with E-state index in [4.69, 9.17) is 0 Å². The number of para-hydroxylation sites is 1. The molecule has 0 heterocycles. The normalized spacial score (nSPS) is 11.2. The van der Waals surface area contributed by atoms with Gasteiger partial charge in [0.05, 0.1) is 11.3 Å². The number of halogens is 1. The van der Waals surface area contributed by atoms with Crippen molar-refractivity contribution in [3.8, 4) is 5.75 Å². The first-order valence-electron chi connectivity index (χ1n) is 5.96. The number of rotatable bonds is 3. The lowest BCUT2D eigenvalue weighted by Gasteiger charge is -2.04. The van der Waals surface area contributed by atoms with Crippen LogP contribution in [0.1, 0.15) is 22.8 Å². The summed E-state index contributed by atoms with van der Waals surface area (Å²) in [6.07, 6.45) is 0. The standard InChI is InChI=1S/C15H13BrN2O2/c1-10(11-6-8-12(16)9-7-11)17-18-15(20)13-4-2-3-5-14(13)19/h2-9,19H,1H3,(H,18,20). The number of nitrogens with one attached hydrogen (secondary N) is 1. The number of phenolic OH excluding ortho intramolecular Hbond substituents is 1. The van der Waals surface area contributed by atoms with Crippen molar-refractivity contribution >= 4 is 27.5 Å². The Morgan fingerprint density at radius 1 is 1.15 bits per heavy atom. The Kier molecular flexibility index (Phi) is 4.53. The highest BCUT2D eigenvalue weighted by Gasteiger charge is 2.09. The molecule has 0 aliphatic carbocycles. The molecule has 20 heavy (non-hydrogen) atoms. The van der Waals surface area contributed by atoms with Gasteiger partial charge in [-0.15, -0.1) is 0 Å². The number of amides is 1. The molecule has 0 fully saturated rings. The number of hydrogen-bond acceptors (Lipinski definition) is 3. The topological polar surface area (TPSA) is 61.7 Å². The minimum absolute atomic E-state index is 0.0681. The molecule has 2 N–H and O–H groups in total. The lowest BCUT2D eigenvalue weighted by molar-refractivity contribution is 0.0952. The zero-order valence-electron chi connectivity index (χ0n) is 10.8. The van der Waals surface area contributed by atoms with E-state index in [1.807, 2.05) is 24.3 Å². The van der Waals surface area contributed by atoms with Crippen LogP contribution in [0.4, 0.5) is 0 Å². The van der Waals surface area contributed by atoms with E-state index in [1.54, 1.807) is 19.1 Å². The van der Waals surface area contributed by atoms with Gasteiger partial charge in [0.2, 0.25) is 0 Å². The van der Waals surface area contributed by atoms with Crippen LogP contribution < -0.4 is 5.43 Å². The molecular formula is C15H13BrN2O2. The van der Waals surface area contributed by atoms with E-state index < -0.39 is 5.91 Å². The number of hydrogen-bond donors (Lipinski definition) is 2. The predicted molar refractivity (Wildman–Crippen MR) is 81.9 cm³/mol. The molecule has 2 aromatic carbocycles. The van der Waals surface area contributed by atoms with Gasteiger partial charge in [-0.05, 0) is 36.8 Å². The molecule has 0 atom stereocenters. The second kappa shape index (κ2) is 6.34. The number of aromatic hydroxyl groups is 1. The molecule has 1 amide bonds. The molecule has 0 aliphatic heterocycles. The van der Waals surface area contributed by atoms with Gasteiger partial charge < -0.3 is 5.11 Å². The number of hydrazone groups is 1. The molecule has 0 unspecified atom stereocenters. The molecule has 0 bridgehead atoms. The Bertz CT molecular complexity index is 651. The van der Waals surface area contributed by atoms with Gasteiger partial charge in [0.25, 0.3) is 5.91 Å². The largest absolute Gasteiger partial charge is 0.507 e. The van der Waals surface area contributed by atoms with Gasteiger partial charge in [-0.1, -0.05) is 40.2 Å². The molecule has 0 radical (unpaired) electrons. The fourth-order valence-corrected chi connectivity index (χ4v) is 1.88. The van der Waals surface area contributed by atoms with Gasteiger partial charge in [0.1, 0.15) is 5.75 Å². The van der Waals surface area contributed by atoms with Crippen molar-refractivity contribution in [3.63, 3.8) is 0 Å². The monoisotopic (exact) mass is 332 g/mol. The van der Waals surface area contributed by atoms with E-state index in [0.717, 1.165) is 10.0 Å². The Hall–Kier alpha value is -2.14. The van der Waals surface area contributed by atoms with Crippen LogP contribution in [0.25, 0.3) is 0 Å². The zero-order valence-corrected chi connectivity index (χ0v) is 12.4. The average molecular weight is 333 g/mol. The number of nitrogens with zero attached hydrogens (tertiary/aromatic N) is 1. The van der Waals surface area contributed by atoms with Crippen molar-refractivity contribution in [2.24, 2.45) is 5.10 Å². The minimum Gasteiger partial charge on any atom is -0.507 e. The zero-order chi connectivity index (χ0) is 14.5. The first-order chi connectivity index (χ1) is 9.58. The molecule has 0 saturated heterocycles. The van der Waals surface area contributed by atoms with Gasteiger partial charge in [-0.25, -0.2) is 5.43 Å². The van der Waals surface area contributed by atoms with Crippen molar-refractivity contribution < 1.29 is 9.90 Å². The van der Waals surface area contributed by atoms with Crippen LogP contribution in [-0.4, -0.2) is 16.7 Å². The van der Waals surface area contributed by atoms with E-state index in [0.29, 0.717) is 5.71 Å². The van der Waals surface area contributed by atoms with Crippen molar-refractivity contribution in [1.82, 2.24) is 5.43 Å². The summed E-state index contributed by atoms with van der Waals surface area (Å²) in [4.78, 5) is 11.9. The van der Waals surface area contributed by atoms with Crippen LogP contribution in [-0.2, 0) is 0 Å². The highest BCUT2D eigenvalue weighted by molar-refractivity contribution is 9.10. The van der Waals surface area contributed by atoms with Gasteiger partial charge in [0, 0.05) is 4.47 Å². The van der Waals surface area contributed by atoms with Gasteiger partial charge >= 0.3 is 0 Å². The summed E-state index contributed by atoms with van der Waals surface area (Å²) < 4.78 is 0.979. The van der Waals surface area contributed by atoms with E-state index in [-0.39, 0.29) is 11.3 Å². The summed E-state index contributed by atoms with van der Waals surface area (Å²) in [7, 11) is 0. The number of carbonyl (C=O) groups is 1. The van der Waals surface area contributed by atoms with Crippen LogP contribution >= 0.6 is 15.9 Å². The molecule has 0 aliphatic rings. The fourth-order valence-electron chi connectivity index (χ4n) is 1.62. The maximum absolute atomic E-state index is 11.9. The van der Waals surface area contributed by atoms with E-state index >= 15 is 0 Å². The molecule has 2 aromatic rings. The third-order valence-electron chi connectivity index (χ3n) is 2.74. The van der Waals surface area contributed by atoms with Crippen LogP contribution in [0, 0.1) is 0 Å². The van der Waals surface area contributed by atoms with Gasteiger partial charge in [0.15, 0.2) is 0 Å². The Morgan fingerprint density at radius 2 is 1.80 bits per heavy atom. The maximum atomic E-state index is 11.9. The summed E-state index contributed by atoms with van der Waals surface area (Å²) in [5, 5.41) is 13.6. The molecule has 102 valence electrons. The highest BCUT2D eigenvalue weighted by atomic mass is 79.9. The summed E-state index contributed by atoms with van der Waals surface area (Å²) in [5.41, 5.74) is 4.21. The molecule has 0 saturated carbocycles. The van der Waals surface area contributed by atoms with E-state index in [9.17, 15) is 9.90 Å². The minimum atomic E-state index is -0.445. The van der Waals surface area contributed by atoms with Crippen molar-refractivity contribution in [2.45, 2.75) is 6.92 Å². The molecule has 4 nitrogen and oxygen atoms in total. The number of benzene rings is 2. The predicted octanol–water partition coefficient (Wildman–Crippen LogP) is 3.31. The Morgan fingerprint density at radius 3 is 2.45 bits per heavy atom. The Balaban J connectivity index is 2.11. The van der Waals surface area contributed by atoms with Crippen LogP contribution in [0.2, 0.25) is 0 Å². The summed E-state index contributed by atoms with van der Waals surface area (Å²) in [6.45, 7) is 1.80. The SMILES string of the molecule is CC(=NNC(=O)c1ccccc1O)c1ccc(Br)cc1. The number of carbonyl (C=O) groups excluding carboxylic acids is 1. The smallest absolute Gasteiger partial charge is 0.275 e. The lowest BCUT2D eigenvalue weighted by Crippen LogP contribution is -2.19. The second-order valence-electron chi connectivity index (χ2n) is 4.16. The third-order valence-corrected chi connectivity index (χ3v) is 3.26. The number of phenols is 1. The van der Waals surface area contributed by atoms with Gasteiger partial charge in [-0.3, -0.25) is 4.79 Å². The second-order valence-corrected chi connectivity index (χ2v) is 5.08.